The van der Waals surface area contributed by atoms with Gasteiger partial charge in [-0.05, 0) is 56.0 Å². The Kier molecular flexibility index (Phi) is 6.52. The smallest absolute Gasteiger partial charge is 0.161 e. The molecule has 1 aromatic rings. The Balaban J connectivity index is 2.17. The zero-order valence-corrected chi connectivity index (χ0v) is 14.2. The summed E-state index contributed by atoms with van der Waals surface area (Å²) in [5, 5.41) is 0. The van der Waals surface area contributed by atoms with Crippen molar-refractivity contribution >= 4 is 0 Å². The molecule has 1 aliphatic rings. The first-order valence-corrected chi connectivity index (χ1v) is 8.44. The normalized spacial score (nSPS) is 18.2. The Labute approximate surface area is 134 Å². The molecule has 0 bridgehead atoms. The van der Waals surface area contributed by atoms with Gasteiger partial charge in [-0.3, -0.25) is 4.90 Å². The van der Waals surface area contributed by atoms with Gasteiger partial charge in [-0.2, -0.15) is 0 Å². The van der Waals surface area contributed by atoms with Crippen LogP contribution in [-0.2, 0) is 0 Å². The van der Waals surface area contributed by atoms with Crippen molar-refractivity contribution in [2.24, 2.45) is 11.7 Å². The van der Waals surface area contributed by atoms with E-state index in [0.29, 0.717) is 13.2 Å². The lowest BCUT2D eigenvalue weighted by Crippen LogP contribution is -2.39. The summed E-state index contributed by atoms with van der Waals surface area (Å²) < 4.78 is 11.2. The molecule has 0 aromatic heterocycles. The van der Waals surface area contributed by atoms with Gasteiger partial charge in [0, 0.05) is 12.6 Å². The largest absolute Gasteiger partial charge is 0.493 e. The molecule has 1 heterocycles. The van der Waals surface area contributed by atoms with E-state index in [1.165, 1.54) is 18.4 Å². The number of methoxy groups -OCH3 is 1. The number of hydrogen-bond donors (Lipinski definition) is 1. The van der Waals surface area contributed by atoms with Gasteiger partial charge in [-0.15, -0.1) is 0 Å². The molecule has 0 aliphatic carbocycles. The van der Waals surface area contributed by atoms with Crippen molar-refractivity contribution < 1.29 is 9.47 Å². The Morgan fingerprint density at radius 2 is 2.00 bits per heavy atom. The third kappa shape index (κ3) is 4.14. The topological polar surface area (TPSA) is 47.7 Å². The van der Waals surface area contributed by atoms with Crippen LogP contribution >= 0.6 is 0 Å². The molecular formula is C18H30N2O2. The number of hydrogen-bond acceptors (Lipinski definition) is 4. The number of nitrogens with zero attached hydrogens (tertiary/aromatic N) is 1. The van der Waals surface area contributed by atoms with Crippen molar-refractivity contribution in [1.29, 1.82) is 0 Å². The second kappa shape index (κ2) is 8.39. The summed E-state index contributed by atoms with van der Waals surface area (Å²) in [4.78, 5) is 2.51. The van der Waals surface area contributed by atoms with Gasteiger partial charge in [0.05, 0.1) is 13.7 Å². The predicted molar refractivity (Wildman–Crippen MR) is 90.5 cm³/mol. The summed E-state index contributed by atoms with van der Waals surface area (Å²) in [6.45, 7) is 8.02. The molecule has 1 fully saturated rings. The van der Waals surface area contributed by atoms with Crippen LogP contribution in [-0.4, -0.2) is 38.3 Å². The molecule has 4 nitrogen and oxygen atoms in total. The highest BCUT2D eigenvalue weighted by Gasteiger charge is 2.24. The molecule has 1 aliphatic heterocycles. The van der Waals surface area contributed by atoms with E-state index >= 15 is 0 Å². The molecule has 0 saturated carbocycles. The maximum absolute atomic E-state index is 6.08. The van der Waals surface area contributed by atoms with Crippen LogP contribution in [0, 0.1) is 5.92 Å². The van der Waals surface area contributed by atoms with Crippen molar-refractivity contribution in [2.45, 2.75) is 39.2 Å². The highest BCUT2D eigenvalue weighted by atomic mass is 16.5. The monoisotopic (exact) mass is 306 g/mol. The first kappa shape index (κ1) is 17.1. The van der Waals surface area contributed by atoms with E-state index in [-0.39, 0.29) is 6.04 Å². The number of piperidine rings is 1. The number of nitrogens with two attached hydrogens (primary N) is 1. The fourth-order valence-corrected chi connectivity index (χ4v) is 3.06. The fourth-order valence-electron chi connectivity index (χ4n) is 3.06. The molecule has 1 atom stereocenters. The van der Waals surface area contributed by atoms with Crippen molar-refractivity contribution in [1.82, 2.24) is 4.90 Å². The van der Waals surface area contributed by atoms with Crippen molar-refractivity contribution in [3.8, 4) is 11.5 Å². The van der Waals surface area contributed by atoms with Crippen LogP contribution in [0.4, 0.5) is 0 Å². The van der Waals surface area contributed by atoms with Crippen LogP contribution in [0.1, 0.15) is 44.7 Å². The van der Waals surface area contributed by atoms with Crippen molar-refractivity contribution in [3.05, 3.63) is 23.8 Å². The van der Waals surface area contributed by atoms with Crippen LogP contribution in [0.3, 0.4) is 0 Å². The molecular weight excluding hydrogens is 276 g/mol. The quantitative estimate of drug-likeness (QED) is 0.840. The van der Waals surface area contributed by atoms with Gasteiger partial charge in [0.15, 0.2) is 11.5 Å². The minimum atomic E-state index is 0.266. The summed E-state index contributed by atoms with van der Waals surface area (Å²) in [7, 11) is 1.68. The average molecular weight is 306 g/mol. The molecule has 2 N–H and O–H groups in total. The molecule has 1 aromatic carbocycles. The van der Waals surface area contributed by atoms with Gasteiger partial charge >= 0.3 is 0 Å². The Hall–Kier alpha value is -1.26. The second-order valence-corrected chi connectivity index (χ2v) is 6.23. The van der Waals surface area contributed by atoms with Crippen LogP contribution in [0.2, 0.25) is 0 Å². The van der Waals surface area contributed by atoms with E-state index in [9.17, 15) is 0 Å². The summed E-state index contributed by atoms with van der Waals surface area (Å²) in [5.74, 6) is 2.44. The van der Waals surface area contributed by atoms with Crippen molar-refractivity contribution in [2.75, 3.05) is 33.4 Å². The first-order chi connectivity index (χ1) is 10.7. The molecule has 0 radical (unpaired) electrons. The van der Waals surface area contributed by atoms with E-state index < -0.39 is 0 Å². The van der Waals surface area contributed by atoms with Crippen molar-refractivity contribution in [3.63, 3.8) is 0 Å². The number of benzene rings is 1. The van der Waals surface area contributed by atoms with Crippen LogP contribution < -0.4 is 15.2 Å². The lowest BCUT2D eigenvalue weighted by Gasteiger charge is -2.36. The Morgan fingerprint density at radius 1 is 1.27 bits per heavy atom. The summed E-state index contributed by atoms with van der Waals surface area (Å²) >= 11 is 0. The Morgan fingerprint density at radius 3 is 2.59 bits per heavy atom. The van der Waals surface area contributed by atoms with E-state index in [4.69, 9.17) is 15.2 Å². The molecule has 4 heteroatoms. The number of likely N-dealkylation sites (tertiary alicyclic amines) is 1. The number of rotatable bonds is 7. The molecule has 22 heavy (non-hydrogen) atoms. The van der Waals surface area contributed by atoms with Gasteiger partial charge in [0.25, 0.3) is 0 Å². The van der Waals surface area contributed by atoms with Crippen LogP contribution in [0.15, 0.2) is 18.2 Å². The maximum Gasteiger partial charge on any atom is 0.161 e. The summed E-state index contributed by atoms with van der Waals surface area (Å²) in [6, 6.07) is 6.48. The molecule has 1 saturated heterocycles. The maximum atomic E-state index is 6.08. The van der Waals surface area contributed by atoms with Gasteiger partial charge in [-0.1, -0.05) is 19.9 Å². The molecule has 2 rings (SSSR count). The average Bonchev–Trinajstić information content (AvgIpc) is 2.55. The first-order valence-electron chi connectivity index (χ1n) is 8.44. The van der Waals surface area contributed by atoms with E-state index in [0.717, 1.165) is 36.9 Å². The standard InChI is InChI=1S/C18H30N2O2/c1-4-11-22-18-12-15(5-6-17(18)21-3)16(13-19)20-9-7-14(2)8-10-20/h5-6,12,14,16H,4,7-11,13,19H2,1-3H3. The van der Waals surface area contributed by atoms with Crippen LogP contribution in [0.25, 0.3) is 0 Å². The predicted octanol–water partition coefficient (Wildman–Crippen LogP) is 3.22. The summed E-state index contributed by atoms with van der Waals surface area (Å²) in [5.41, 5.74) is 7.30. The minimum absolute atomic E-state index is 0.266. The SMILES string of the molecule is CCCOc1cc(C(CN)N2CCC(C)CC2)ccc1OC. The Bertz CT molecular complexity index is 456. The zero-order valence-electron chi connectivity index (χ0n) is 14.2. The van der Waals surface area contributed by atoms with Crippen LogP contribution in [0.5, 0.6) is 11.5 Å². The fraction of sp³-hybridized carbons (Fsp3) is 0.667. The van der Waals surface area contributed by atoms with Gasteiger partial charge in [0.1, 0.15) is 0 Å². The zero-order chi connectivity index (χ0) is 15.9. The van der Waals surface area contributed by atoms with E-state index in [1.807, 2.05) is 6.07 Å². The molecule has 1 unspecified atom stereocenters. The third-order valence-electron chi connectivity index (χ3n) is 4.52. The highest BCUT2D eigenvalue weighted by molar-refractivity contribution is 5.44. The minimum Gasteiger partial charge on any atom is -0.493 e. The number of ether oxygens (including phenoxy) is 2. The highest BCUT2D eigenvalue weighted by Crippen LogP contribution is 2.33. The van der Waals surface area contributed by atoms with Gasteiger partial charge in [-0.25, -0.2) is 0 Å². The third-order valence-corrected chi connectivity index (χ3v) is 4.52. The second-order valence-electron chi connectivity index (χ2n) is 6.23. The van der Waals surface area contributed by atoms with Gasteiger partial charge < -0.3 is 15.2 Å². The van der Waals surface area contributed by atoms with E-state index in [2.05, 4.69) is 30.9 Å². The van der Waals surface area contributed by atoms with Gasteiger partial charge in [0.2, 0.25) is 0 Å². The van der Waals surface area contributed by atoms with E-state index in [1.54, 1.807) is 7.11 Å². The molecule has 124 valence electrons. The molecule has 0 amide bonds. The lowest BCUT2D eigenvalue weighted by molar-refractivity contribution is 0.141. The molecule has 0 spiro atoms. The lowest BCUT2D eigenvalue weighted by atomic mass is 9.95. The summed E-state index contributed by atoms with van der Waals surface area (Å²) in [6.07, 6.45) is 3.50.